The number of alkyl carbamates (subject to hydrolysis) is 1. The highest BCUT2D eigenvalue weighted by atomic mass is 127. The molecular formula is C18H30ClIN4O3. The van der Waals surface area contributed by atoms with E-state index in [1.807, 2.05) is 45.0 Å². The van der Waals surface area contributed by atoms with Crippen molar-refractivity contribution in [2.24, 2.45) is 4.99 Å². The zero-order valence-corrected chi connectivity index (χ0v) is 19.6. The number of halogens is 2. The number of carbonyl (C=O) groups excluding carboxylic acids is 1. The summed E-state index contributed by atoms with van der Waals surface area (Å²) in [5, 5.41) is 9.66. The third-order valence-electron chi connectivity index (χ3n) is 3.27. The zero-order valence-electron chi connectivity index (χ0n) is 16.5. The van der Waals surface area contributed by atoms with Crippen LogP contribution in [0.25, 0.3) is 0 Å². The molecule has 1 unspecified atom stereocenters. The molecule has 1 amide bonds. The van der Waals surface area contributed by atoms with Gasteiger partial charge in [0, 0.05) is 38.8 Å². The van der Waals surface area contributed by atoms with E-state index < -0.39 is 11.7 Å². The lowest BCUT2D eigenvalue weighted by molar-refractivity contribution is 0.0529. The molecular weight excluding hydrogens is 483 g/mol. The van der Waals surface area contributed by atoms with Crippen LogP contribution in [0.4, 0.5) is 4.79 Å². The minimum atomic E-state index is -0.509. The molecule has 0 spiro atoms. The molecule has 1 rings (SSSR count). The highest BCUT2D eigenvalue weighted by Crippen LogP contribution is 2.19. The summed E-state index contributed by atoms with van der Waals surface area (Å²) in [5.41, 5.74) is 0.472. The predicted molar refractivity (Wildman–Crippen MR) is 120 cm³/mol. The Morgan fingerprint density at radius 2 is 1.89 bits per heavy atom. The van der Waals surface area contributed by atoms with Crippen molar-refractivity contribution >= 4 is 47.6 Å². The first-order valence-electron chi connectivity index (χ1n) is 8.45. The quantitative estimate of drug-likeness (QED) is 0.226. The fraction of sp³-hybridized carbons (Fsp3) is 0.556. The number of amides is 1. The van der Waals surface area contributed by atoms with Crippen molar-refractivity contribution in [2.75, 3.05) is 33.8 Å². The molecule has 0 aromatic heterocycles. The summed E-state index contributed by atoms with van der Waals surface area (Å²) >= 11 is 6.03. The van der Waals surface area contributed by atoms with Crippen molar-refractivity contribution in [2.45, 2.75) is 32.5 Å². The number of ether oxygens (including phenoxy) is 2. The van der Waals surface area contributed by atoms with E-state index in [0.717, 1.165) is 5.56 Å². The standard InChI is InChI=1S/C18H29ClN4O3.HI/c1-18(2,3)26-17(24)22-10-9-21-16(20-4)23-12-15(25-5)13-7-6-8-14(19)11-13;/h6-8,11,15H,9-10,12H2,1-5H3,(H,22,24)(H2,20,21,23);1H. The van der Waals surface area contributed by atoms with Gasteiger partial charge in [0.25, 0.3) is 0 Å². The summed E-state index contributed by atoms with van der Waals surface area (Å²) in [5.74, 6) is 0.611. The van der Waals surface area contributed by atoms with E-state index in [-0.39, 0.29) is 30.1 Å². The monoisotopic (exact) mass is 512 g/mol. The summed E-state index contributed by atoms with van der Waals surface area (Å²) in [6.45, 7) is 6.91. The molecule has 0 fully saturated rings. The fourth-order valence-corrected chi connectivity index (χ4v) is 2.31. The second kappa shape index (κ2) is 13.0. The summed E-state index contributed by atoms with van der Waals surface area (Å²) in [7, 11) is 3.33. The number of rotatable bonds is 7. The van der Waals surface area contributed by atoms with E-state index >= 15 is 0 Å². The Kier molecular flexibility index (Phi) is 12.4. The van der Waals surface area contributed by atoms with Gasteiger partial charge in [0.05, 0.1) is 6.10 Å². The highest BCUT2D eigenvalue weighted by molar-refractivity contribution is 14.0. The molecule has 154 valence electrons. The van der Waals surface area contributed by atoms with E-state index in [1.54, 1.807) is 14.2 Å². The lowest BCUT2D eigenvalue weighted by Crippen LogP contribution is -2.43. The van der Waals surface area contributed by atoms with Gasteiger partial charge in [-0.15, -0.1) is 24.0 Å². The Hall–Kier alpha value is -1.26. The largest absolute Gasteiger partial charge is 0.444 e. The molecule has 0 radical (unpaired) electrons. The van der Waals surface area contributed by atoms with Crippen LogP contribution in [0.3, 0.4) is 0 Å². The van der Waals surface area contributed by atoms with Crippen molar-refractivity contribution in [3.05, 3.63) is 34.9 Å². The van der Waals surface area contributed by atoms with Gasteiger partial charge in [0.15, 0.2) is 5.96 Å². The predicted octanol–water partition coefficient (Wildman–Crippen LogP) is 3.34. The van der Waals surface area contributed by atoms with Crippen LogP contribution in [0.2, 0.25) is 5.02 Å². The van der Waals surface area contributed by atoms with Crippen molar-refractivity contribution in [3.8, 4) is 0 Å². The van der Waals surface area contributed by atoms with E-state index in [4.69, 9.17) is 21.1 Å². The molecule has 9 heteroatoms. The van der Waals surface area contributed by atoms with Crippen LogP contribution >= 0.6 is 35.6 Å². The molecule has 0 aliphatic carbocycles. The number of hydrogen-bond donors (Lipinski definition) is 3. The van der Waals surface area contributed by atoms with Gasteiger partial charge in [-0.05, 0) is 38.5 Å². The molecule has 1 atom stereocenters. The van der Waals surface area contributed by atoms with Crippen LogP contribution in [0.15, 0.2) is 29.3 Å². The SMILES string of the molecule is CN=C(NCCNC(=O)OC(C)(C)C)NCC(OC)c1cccc(Cl)c1.I. The van der Waals surface area contributed by atoms with E-state index in [1.165, 1.54) is 0 Å². The van der Waals surface area contributed by atoms with Gasteiger partial charge in [-0.1, -0.05) is 23.7 Å². The van der Waals surface area contributed by atoms with Crippen molar-refractivity contribution in [3.63, 3.8) is 0 Å². The van der Waals surface area contributed by atoms with Crippen LogP contribution in [-0.4, -0.2) is 51.4 Å². The summed E-state index contributed by atoms with van der Waals surface area (Å²) in [4.78, 5) is 15.7. The Bertz CT molecular complexity index is 609. The summed E-state index contributed by atoms with van der Waals surface area (Å²) < 4.78 is 10.7. The number of aliphatic imine (C=N–C) groups is 1. The van der Waals surface area contributed by atoms with E-state index in [0.29, 0.717) is 30.6 Å². The Labute approximate surface area is 183 Å². The molecule has 27 heavy (non-hydrogen) atoms. The second-order valence-corrected chi connectivity index (χ2v) is 7.02. The van der Waals surface area contributed by atoms with Crippen LogP contribution in [0, 0.1) is 0 Å². The average molecular weight is 513 g/mol. The Balaban J connectivity index is 0.00000676. The molecule has 3 N–H and O–H groups in total. The van der Waals surface area contributed by atoms with Gasteiger partial charge in [-0.2, -0.15) is 0 Å². The minimum Gasteiger partial charge on any atom is -0.444 e. The van der Waals surface area contributed by atoms with Gasteiger partial charge in [-0.25, -0.2) is 4.79 Å². The van der Waals surface area contributed by atoms with Crippen molar-refractivity contribution in [1.82, 2.24) is 16.0 Å². The number of guanidine groups is 1. The topological polar surface area (TPSA) is 84.0 Å². The third-order valence-corrected chi connectivity index (χ3v) is 3.50. The molecule has 0 aliphatic rings. The van der Waals surface area contributed by atoms with Crippen molar-refractivity contribution < 1.29 is 14.3 Å². The molecule has 0 saturated heterocycles. The minimum absolute atomic E-state index is 0. The zero-order chi connectivity index (χ0) is 19.6. The molecule has 7 nitrogen and oxygen atoms in total. The molecule has 0 bridgehead atoms. The maximum Gasteiger partial charge on any atom is 0.407 e. The number of carbonyl (C=O) groups is 1. The van der Waals surface area contributed by atoms with Gasteiger partial charge in [0.1, 0.15) is 5.60 Å². The molecule has 1 aromatic carbocycles. The lowest BCUT2D eigenvalue weighted by Gasteiger charge is -2.20. The fourth-order valence-electron chi connectivity index (χ4n) is 2.11. The van der Waals surface area contributed by atoms with Crippen LogP contribution in [-0.2, 0) is 9.47 Å². The van der Waals surface area contributed by atoms with Gasteiger partial charge in [0.2, 0.25) is 0 Å². The average Bonchev–Trinajstić information content (AvgIpc) is 2.55. The number of hydrogen-bond acceptors (Lipinski definition) is 4. The van der Waals surface area contributed by atoms with Gasteiger partial charge in [-0.3, -0.25) is 4.99 Å². The Morgan fingerprint density at radius 1 is 1.22 bits per heavy atom. The Morgan fingerprint density at radius 3 is 2.44 bits per heavy atom. The van der Waals surface area contributed by atoms with Gasteiger partial charge < -0.3 is 25.4 Å². The first-order chi connectivity index (χ1) is 12.2. The first-order valence-corrected chi connectivity index (χ1v) is 8.82. The highest BCUT2D eigenvalue weighted by Gasteiger charge is 2.15. The number of methoxy groups -OCH3 is 1. The van der Waals surface area contributed by atoms with Crippen molar-refractivity contribution in [1.29, 1.82) is 0 Å². The lowest BCUT2D eigenvalue weighted by atomic mass is 10.1. The second-order valence-electron chi connectivity index (χ2n) is 6.59. The number of nitrogens with zero attached hydrogens (tertiary/aromatic N) is 1. The van der Waals surface area contributed by atoms with Gasteiger partial charge >= 0.3 is 6.09 Å². The van der Waals surface area contributed by atoms with Crippen LogP contribution in [0.5, 0.6) is 0 Å². The summed E-state index contributed by atoms with van der Waals surface area (Å²) in [6.07, 6.45) is -0.602. The van der Waals surface area contributed by atoms with Crippen LogP contribution < -0.4 is 16.0 Å². The smallest absolute Gasteiger partial charge is 0.407 e. The normalized spacial score (nSPS) is 12.6. The number of benzene rings is 1. The van der Waals surface area contributed by atoms with E-state index in [2.05, 4.69) is 20.9 Å². The molecule has 0 aliphatic heterocycles. The molecule has 1 aromatic rings. The van der Waals surface area contributed by atoms with Crippen LogP contribution in [0.1, 0.15) is 32.4 Å². The maximum atomic E-state index is 11.6. The van der Waals surface area contributed by atoms with E-state index in [9.17, 15) is 4.79 Å². The molecule has 0 saturated carbocycles. The third kappa shape index (κ3) is 11.2. The molecule has 0 heterocycles. The summed E-state index contributed by atoms with van der Waals surface area (Å²) in [6, 6.07) is 7.55. The first kappa shape index (κ1) is 25.7. The number of nitrogens with one attached hydrogen (secondary N) is 3. The maximum absolute atomic E-state index is 11.6.